The van der Waals surface area contributed by atoms with Gasteiger partial charge in [0.15, 0.2) is 0 Å². The average Bonchev–Trinajstić information content (AvgIpc) is 2.46. The van der Waals surface area contributed by atoms with Crippen LogP contribution in [0.2, 0.25) is 0 Å². The van der Waals surface area contributed by atoms with Crippen molar-refractivity contribution in [1.29, 1.82) is 0 Å². The Morgan fingerprint density at radius 3 is 2.10 bits per heavy atom. The fourth-order valence-electron chi connectivity index (χ4n) is 2.43. The molecule has 0 aliphatic heterocycles. The molecule has 98 valence electrons. The van der Waals surface area contributed by atoms with Crippen LogP contribution >= 0.6 is 0 Å². The quantitative estimate of drug-likeness (QED) is 0.580. The Labute approximate surface area is 116 Å². The zero-order valence-corrected chi connectivity index (χ0v) is 10.8. The van der Waals surface area contributed by atoms with Crippen LogP contribution in [0.25, 0.3) is 21.8 Å². The molecule has 0 bridgehead atoms. The molecule has 0 saturated heterocycles. The number of carboxylic acids is 1. The minimum absolute atomic E-state index is 0.579. The van der Waals surface area contributed by atoms with Gasteiger partial charge >= 0.3 is 5.97 Å². The molecule has 0 saturated carbocycles. The van der Waals surface area contributed by atoms with Crippen molar-refractivity contribution in [2.24, 2.45) is 0 Å². The Kier molecular flexibility index (Phi) is 3.17. The Morgan fingerprint density at radius 2 is 1.55 bits per heavy atom. The van der Waals surface area contributed by atoms with E-state index in [0.717, 1.165) is 27.4 Å². The number of nitrogens with zero attached hydrogens (tertiary/aromatic N) is 1. The molecule has 3 nitrogen and oxygen atoms in total. The van der Waals surface area contributed by atoms with E-state index >= 15 is 0 Å². The Balaban J connectivity index is 2.25. The predicted molar refractivity (Wildman–Crippen MR) is 79.7 cm³/mol. The van der Waals surface area contributed by atoms with Gasteiger partial charge in [-0.15, -0.1) is 0 Å². The van der Waals surface area contributed by atoms with Crippen molar-refractivity contribution < 1.29 is 9.90 Å². The first-order valence-corrected chi connectivity index (χ1v) is 6.41. The molecule has 0 atom stereocenters. The van der Waals surface area contributed by atoms with Gasteiger partial charge < -0.3 is 5.11 Å². The number of aliphatic carboxylic acids is 1. The van der Waals surface area contributed by atoms with Crippen molar-refractivity contribution in [1.82, 2.24) is 4.98 Å². The number of hydrogen-bond acceptors (Lipinski definition) is 2. The normalized spacial score (nSPS) is 11.4. The molecule has 2 aromatic carbocycles. The predicted octanol–water partition coefficient (Wildman–Crippen LogP) is 3.57. The summed E-state index contributed by atoms with van der Waals surface area (Å²) in [5, 5.41) is 10.9. The number of fused-ring (bicyclic) bond motifs is 2. The molecular formula is C17H13NO2. The molecular weight excluding hydrogens is 250 g/mol. The van der Waals surface area contributed by atoms with Gasteiger partial charge in [0.25, 0.3) is 0 Å². The molecule has 3 aromatic rings. The molecule has 20 heavy (non-hydrogen) atoms. The lowest BCUT2D eigenvalue weighted by Gasteiger charge is -2.08. The van der Waals surface area contributed by atoms with Crippen LogP contribution < -0.4 is 0 Å². The van der Waals surface area contributed by atoms with Gasteiger partial charge in [-0.1, -0.05) is 42.5 Å². The van der Waals surface area contributed by atoms with Crippen molar-refractivity contribution in [2.45, 2.75) is 6.42 Å². The third-order valence-corrected chi connectivity index (χ3v) is 3.28. The molecule has 0 spiro atoms. The largest absolute Gasteiger partial charge is 0.478 e. The number of benzene rings is 2. The summed E-state index contributed by atoms with van der Waals surface area (Å²) in [5.41, 5.74) is 2.98. The van der Waals surface area contributed by atoms with Gasteiger partial charge in [-0.3, -0.25) is 0 Å². The van der Waals surface area contributed by atoms with Gasteiger partial charge in [0, 0.05) is 16.8 Å². The number of hydrogen-bond donors (Lipinski definition) is 1. The lowest BCUT2D eigenvalue weighted by Crippen LogP contribution is -1.93. The van der Waals surface area contributed by atoms with E-state index in [4.69, 9.17) is 5.11 Å². The first-order chi connectivity index (χ1) is 9.75. The molecule has 1 N–H and O–H groups in total. The molecule has 0 fully saturated rings. The topological polar surface area (TPSA) is 50.2 Å². The maximum Gasteiger partial charge on any atom is 0.327 e. The number of allylic oxidation sites excluding steroid dienone is 1. The summed E-state index contributed by atoms with van der Waals surface area (Å²) < 4.78 is 0. The summed E-state index contributed by atoms with van der Waals surface area (Å²) >= 11 is 0. The highest BCUT2D eigenvalue weighted by atomic mass is 16.4. The number of para-hydroxylation sites is 2. The number of carboxylic acid groups (broad SMARTS) is 1. The maximum atomic E-state index is 10.6. The molecule has 3 rings (SSSR count). The zero-order valence-electron chi connectivity index (χ0n) is 10.8. The van der Waals surface area contributed by atoms with E-state index in [-0.39, 0.29) is 0 Å². The summed E-state index contributed by atoms with van der Waals surface area (Å²) in [5.74, 6) is -0.923. The van der Waals surface area contributed by atoms with E-state index in [0.29, 0.717) is 6.42 Å². The second-order valence-electron chi connectivity index (χ2n) is 4.57. The summed E-state index contributed by atoms with van der Waals surface area (Å²) in [7, 11) is 0. The molecule has 0 amide bonds. The summed E-state index contributed by atoms with van der Waals surface area (Å²) in [6, 6.07) is 15.9. The van der Waals surface area contributed by atoms with Crippen LogP contribution in [-0.2, 0) is 11.2 Å². The van der Waals surface area contributed by atoms with Gasteiger partial charge in [-0.2, -0.15) is 0 Å². The van der Waals surface area contributed by atoms with Crippen LogP contribution in [0.1, 0.15) is 5.56 Å². The van der Waals surface area contributed by atoms with Crippen molar-refractivity contribution >= 4 is 27.8 Å². The fourth-order valence-corrected chi connectivity index (χ4v) is 2.43. The number of carbonyl (C=O) groups is 1. The van der Waals surface area contributed by atoms with Crippen molar-refractivity contribution in [3.05, 3.63) is 66.2 Å². The number of rotatable bonds is 3. The first kappa shape index (κ1) is 12.4. The van der Waals surface area contributed by atoms with Gasteiger partial charge in [0.05, 0.1) is 11.0 Å². The van der Waals surface area contributed by atoms with Crippen LogP contribution in [0.3, 0.4) is 0 Å². The molecule has 3 heteroatoms. The van der Waals surface area contributed by atoms with E-state index in [1.54, 1.807) is 6.08 Å². The standard InChI is InChI=1S/C17H13NO2/c19-17(20)11-5-8-12-13-6-1-3-9-15(13)18-16-10-4-2-7-14(12)16/h1-7,9-11H,8H2,(H,19,20). The summed E-state index contributed by atoms with van der Waals surface area (Å²) in [6.07, 6.45) is 3.44. The summed E-state index contributed by atoms with van der Waals surface area (Å²) in [4.78, 5) is 15.3. The number of aromatic nitrogens is 1. The van der Waals surface area contributed by atoms with E-state index in [1.807, 2.05) is 48.5 Å². The second-order valence-corrected chi connectivity index (χ2v) is 4.57. The van der Waals surface area contributed by atoms with Crippen LogP contribution in [-0.4, -0.2) is 16.1 Å². The molecule has 1 heterocycles. The molecule has 0 radical (unpaired) electrons. The SMILES string of the molecule is O=C(O)C=CCc1c2ccccc2nc2ccccc12. The van der Waals surface area contributed by atoms with Crippen LogP contribution in [0.15, 0.2) is 60.7 Å². The molecule has 0 unspecified atom stereocenters. The highest BCUT2D eigenvalue weighted by molar-refractivity contribution is 5.97. The highest BCUT2D eigenvalue weighted by Gasteiger charge is 2.07. The van der Waals surface area contributed by atoms with E-state index in [1.165, 1.54) is 6.08 Å². The van der Waals surface area contributed by atoms with Crippen LogP contribution in [0, 0.1) is 0 Å². The zero-order chi connectivity index (χ0) is 13.9. The van der Waals surface area contributed by atoms with Crippen molar-refractivity contribution in [3.63, 3.8) is 0 Å². The van der Waals surface area contributed by atoms with Crippen LogP contribution in [0.4, 0.5) is 0 Å². The minimum Gasteiger partial charge on any atom is -0.478 e. The lowest BCUT2D eigenvalue weighted by molar-refractivity contribution is -0.131. The molecule has 0 aliphatic rings. The van der Waals surface area contributed by atoms with Gasteiger partial charge in [0.1, 0.15) is 0 Å². The van der Waals surface area contributed by atoms with E-state index in [2.05, 4.69) is 4.98 Å². The number of pyridine rings is 1. The van der Waals surface area contributed by atoms with E-state index < -0.39 is 5.97 Å². The van der Waals surface area contributed by atoms with Crippen LogP contribution in [0.5, 0.6) is 0 Å². The molecule has 1 aromatic heterocycles. The van der Waals surface area contributed by atoms with Gasteiger partial charge in [-0.25, -0.2) is 9.78 Å². The minimum atomic E-state index is -0.923. The Bertz CT molecular complexity index is 767. The third-order valence-electron chi connectivity index (χ3n) is 3.28. The second kappa shape index (κ2) is 5.13. The first-order valence-electron chi connectivity index (χ1n) is 6.41. The maximum absolute atomic E-state index is 10.6. The lowest BCUT2D eigenvalue weighted by atomic mass is 10.00. The monoisotopic (exact) mass is 263 g/mol. The van der Waals surface area contributed by atoms with Crippen molar-refractivity contribution in [2.75, 3.05) is 0 Å². The van der Waals surface area contributed by atoms with E-state index in [9.17, 15) is 4.79 Å². The van der Waals surface area contributed by atoms with Crippen molar-refractivity contribution in [3.8, 4) is 0 Å². The Morgan fingerprint density at radius 1 is 1.00 bits per heavy atom. The highest BCUT2D eigenvalue weighted by Crippen LogP contribution is 2.26. The van der Waals surface area contributed by atoms with Gasteiger partial charge in [0.2, 0.25) is 0 Å². The molecule has 0 aliphatic carbocycles. The fraction of sp³-hybridized carbons (Fsp3) is 0.0588. The summed E-state index contributed by atoms with van der Waals surface area (Å²) in [6.45, 7) is 0. The Hall–Kier alpha value is -2.68. The smallest absolute Gasteiger partial charge is 0.327 e. The third kappa shape index (κ3) is 2.26. The van der Waals surface area contributed by atoms with Gasteiger partial charge in [-0.05, 0) is 24.1 Å². The average molecular weight is 263 g/mol.